The summed E-state index contributed by atoms with van der Waals surface area (Å²) in [4.78, 5) is 2.46. The van der Waals surface area contributed by atoms with Crippen molar-refractivity contribution >= 4 is 0 Å². The molecule has 3 nitrogen and oxygen atoms in total. The van der Waals surface area contributed by atoms with Gasteiger partial charge in [0.1, 0.15) is 0 Å². The van der Waals surface area contributed by atoms with Gasteiger partial charge < -0.3 is 16.0 Å². The maximum Gasteiger partial charge on any atom is -0.000600 e. The SMILES string of the molecule is CCN(CC)CCCNCC(CN)C(C)C. The van der Waals surface area contributed by atoms with Crippen LogP contribution in [0.1, 0.15) is 34.1 Å². The van der Waals surface area contributed by atoms with Crippen molar-refractivity contribution in [2.75, 3.05) is 39.3 Å². The molecule has 0 aliphatic rings. The Bertz CT molecular complexity index is 144. The third-order valence-electron chi connectivity index (χ3n) is 3.37. The zero-order valence-electron chi connectivity index (χ0n) is 11.6. The van der Waals surface area contributed by atoms with Crippen LogP contribution < -0.4 is 11.1 Å². The molecule has 0 amide bonds. The van der Waals surface area contributed by atoms with Crippen LogP contribution in [0.4, 0.5) is 0 Å². The van der Waals surface area contributed by atoms with Crippen molar-refractivity contribution in [3.63, 3.8) is 0 Å². The van der Waals surface area contributed by atoms with Gasteiger partial charge in [0.2, 0.25) is 0 Å². The zero-order valence-corrected chi connectivity index (χ0v) is 11.6. The molecule has 0 heterocycles. The Kier molecular flexibility index (Phi) is 9.99. The van der Waals surface area contributed by atoms with E-state index in [1.165, 1.54) is 13.0 Å². The Balaban J connectivity index is 3.45. The normalized spacial score (nSPS) is 13.7. The van der Waals surface area contributed by atoms with Gasteiger partial charge in [0.25, 0.3) is 0 Å². The van der Waals surface area contributed by atoms with Crippen molar-refractivity contribution < 1.29 is 0 Å². The third kappa shape index (κ3) is 7.20. The van der Waals surface area contributed by atoms with Crippen LogP contribution in [0.2, 0.25) is 0 Å². The first-order valence-corrected chi connectivity index (χ1v) is 6.78. The molecule has 1 atom stereocenters. The number of nitrogens with one attached hydrogen (secondary N) is 1. The molecule has 98 valence electrons. The monoisotopic (exact) mass is 229 g/mol. The molecule has 0 aromatic rings. The van der Waals surface area contributed by atoms with E-state index in [1.807, 2.05) is 0 Å². The summed E-state index contributed by atoms with van der Waals surface area (Å²) in [6.07, 6.45) is 1.23. The first kappa shape index (κ1) is 15.9. The molecule has 1 unspecified atom stereocenters. The van der Waals surface area contributed by atoms with Gasteiger partial charge in [-0.2, -0.15) is 0 Å². The van der Waals surface area contributed by atoms with E-state index < -0.39 is 0 Å². The minimum Gasteiger partial charge on any atom is -0.330 e. The Morgan fingerprint density at radius 1 is 1.19 bits per heavy atom. The molecule has 0 saturated carbocycles. The highest BCUT2D eigenvalue weighted by atomic mass is 15.1. The molecule has 0 saturated heterocycles. The van der Waals surface area contributed by atoms with Crippen molar-refractivity contribution in [1.29, 1.82) is 0 Å². The van der Waals surface area contributed by atoms with Crippen LogP contribution in [0.3, 0.4) is 0 Å². The maximum absolute atomic E-state index is 5.73. The first-order valence-electron chi connectivity index (χ1n) is 6.78. The van der Waals surface area contributed by atoms with E-state index >= 15 is 0 Å². The first-order chi connectivity index (χ1) is 7.65. The fourth-order valence-electron chi connectivity index (χ4n) is 1.85. The van der Waals surface area contributed by atoms with Crippen molar-refractivity contribution in [1.82, 2.24) is 10.2 Å². The fraction of sp³-hybridized carbons (Fsp3) is 1.00. The molecule has 0 fully saturated rings. The number of nitrogens with two attached hydrogens (primary N) is 1. The lowest BCUT2D eigenvalue weighted by Crippen LogP contribution is -2.33. The van der Waals surface area contributed by atoms with Crippen LogP contribution in [0.25, 0.3) is 0 Å². The number of rotatable bonds is 10. The fourth-order valence-corrected chi connectivity index (χ4v) is 1.85. The molecule has 0 aliphatic heterocycles. The van der Waals surface area contributed by atoms with E-state index in [9.17, 15) is 0 Å². The van der Waals surface area contributed by atoms with Gasteiger partial charge in [-0.25, -0.2) is 0 Å². The average Bonchev–Trinajstić information content (AvgIpc) is 2.28. The molecule has 3 N–H and O–H groups in total. The lowest BCUT2D eigenvalue weighted by Gasteiger charge is -2.21. The third-order valence-corrected chi connectivity index (χ3v) is 3.37. The minimum atomic E-state index is 0.619. The Hall–Kier alpha value is -0.120. The van der Waals surface area contributed by atoms with Crippen molar-refractivity contribution in [2.45, 2.75) is 34.1 Å². The highest BCUT2D eigenvalue weighted by Gasteiger charge is 2.10. The summed E-state index contributed by atoms with van der Waals surface area (Å²) in [6, 6.07) is 0. The van der Waals surface area contributed by atoms with Gasteiger partial charge >= 0.3 is 0 Å². The Morgan fingerprint density at radius 3 is 2.25 bits per heavy atom. The molecule has 16 heavy (non-hydrogen) atoms. The molecule has 0 bridgehead atoms. The lowest BCUT2D eigenvalue weighted by molar-refractivity contribution is 0.294. The second-order valence-corrected chi connectivity index (χ2v) is 4.82. The molecule has 0 spiro atoms. The predicted molar refractivity (Wildman–Crippen MR) is 72.7 cm³/mol. The summed E-state index contributed by atoms with van der Waals surface area (Å²) in [7, 11) is 0. The minimum absolute atomic E-state index is 0.619. The molecule has 3 heteroatoms. The maximum atomic E-state index is 5.73. The highest BCUT2D eigenvalue weighted by molar-refractivity contribution is 4.66. The van der Waals surface area contributed by atoms with Crippen LogP contribution >= 0.6 is 0 Å². The molecular weight excluding hydrogens is 198 g/mol. The summed E-state index contributed by atoms with van der Waals surface area (Å²) in [6.45, 7) is 15.4. The quantitative estimate of drug-likeness (QED) is 0.558. The van der Waals surface area contributed by atoms with Crippen LogP contribution in [0.5, 0.6) is 0 Å². The number of nitrogens with zero attached hydrogens (tertiary/aromatic N) is 1. The summed E-state index contributed by atoms with van der Waals surface area (Å²) >= 11 is 0. The van der Waals surface area contributed by atoms with Gasteiger partial charge in [0, 0.05) is 0 Å². The van der Waals surface area contributed by atoms with E-state index in [-0.39, 0.29) is 0 Å². The summed E-state index contributed by atoms with van der Waals surface area (Å²) < 4.78 is 0. The number of hydrogen-bond acceptors (Lipinski definition) is 3. The molecule has 0 rings (SSSR count). The average molecular weight is 229 g/mol. The number of hydrogen-bond donors (Lipinski definition) is 2. The van der Waals surface area contributed by atoms with Crippen LogP contribution in [0.15, 0.2) is 0 Å². The predicted octanol–water partition coefficient (Wildman–Crippen LogP) is 1.54. The molecular formula is C13H31N3. The van der Waals surface area contributed by atoms with E-state index in [2.05, 4.69) is 37.9 Å². The van der Waals surface area contributed by atoms with Gasteiger partial charge in [0.15, 0.2) is 0 Å². The van der Waals surface area contributed by atoms with E-state index in [1.54, 1.807) is 0 Å². The largest absolute Gasteiger partial charge is 0.330 e. The zero-order chi connectivity index (χ0) is 12.4. The van der Waals surface area contributed by atoms with E-state index in [4.69, 9.17) is 5.73 Å². The van der Waals surface area contributed by atoms with Gasteiger partial charge in [-0.05, 0) is 57.5 Å². The van der Waals surface area contributed by atoms with Crippen LogP contribution in [-0.2, 0) is 0 Å². The summed E-state index contributed by atoms with van der Waals surface area (Å²) in [5.41, 5.74) is 5.73. The Labute approximate surface area is 102 Å². The van der Waals surface area contributed by atoms with Crippen molar-refractivity contribution in [3.05, 3.63) is 0 Å². The lowest BCUT2D eigenvalue weighted by atomic mass is 9.96. The Morgan fingerprint density at radius 2 is 1.81 bits per heavy atom. The van der Waals surface area contributed by atoms with Gasteiger partial charge in [0.05, 0.1) is 0 Å². The molecule has 0 aromatic heterocycles. The standard InChI is InChI=1S/C13H31N3/c1-5-16(6-2)9-7-8-15-11-13(10-14)12(3)4/h12-13,15H,5-11,14H2,1-4H3. The van der Waals surface area contributed by atoms with Crippen molar-refractivity contribution in [3.8, 4) is 0 Å². The second-order valence-electron chi connectivity index (χ2n) is 4.82. The van der Waals surface area contributed by atoms with Gasteiger partial charge in [-0.15, -0.1) is 0 Å². The molecule has 0 aromatic carbocycles. The topological polar surface area (TPSA) is 41.3 Å². The summed E-state index contributed by atoms with van der Waals surface area (Å²) in [5, 5.41) is 3.51. The van der Waals surface area contributed by atoms with Crippen LogP contribution in [0, 0.1) is 11.8 Å². The van der Waals surface area contributed by atoms with Gasteiger partial charge in [-0.1, -0.05) is 27.7 Å². The smallest absolute Gasteiger partial charge is 0.000600 e. The van der Waals surface area contributed by atoms with Gasteiger partial charge in [-0.3, -0.25) is 0 Å². The van der Waals surface area contributed by atoms with Crippen molar-refractivity contribution in [2.24, 2.45) is 17.6 Å². The second kappa shape index (κ2) is 10.1. The molecule has 0 radical (unpaired) electrons. The molecule has 0 aliphatic carbocycles. The highest BCUT2D eigenvalue weighted by Crippen LogP contribution is 2.07. The van der Waals surface area contributed by atoms with Crippen LogP contribution in [-0.4, -0.2) is 44.2 Å². The van der Waals surface area contributed by atoms with E-state index in [0.717, 1.165) is 32.7 Å². The summed E-state index contributed by atoms with van der Waals surface area (Å²) in [5.74, 6) is 1.30. The van der Waals surface area contributed by atoms with E-state index in [0.29, 0.717) is 11.8 Å².